The van der Waals surface area contributed by atoms with E-state index in [9.17, 15) is 4.79 Å². The van der Waals surface area contributed by atoms with E-state index in [4.69, 9.17) is 17.3 Å². The molecule has 0 unspecified atom stereocenters. The molecule has 0 aliphatic heterocycles. The summed E-state index contributed by atoms with van der Waals surface area (Å²) in [4.78, 5) is 11.7. The summed E-state index contributed by atoms with van der Waals surface area (Å²) in [7, 11) is 0. The largest absolute Gasteiger partial charge is 0.325 e. The number of nitrogens with two attached hydrogens (primary N) is 1. The lowest BCUT2D eigenvalue weighted by Crippen LogP contribution is -2.36. The molecule has 17 heavy (non-hydrogen) atoms. The summed E-state index contributed by atoms with van der Waals surface area (Å²) in [6, 6.07) is 4.74. The third-order valence-electron chi connectivity index (χ3n) is 2.16. The molecule has 0 fully saturated rings. The lowest BCUT2D eigenvalue weighted by Gasteiger charge is -2.12. The zero-order chi connectivity index (χ0) is 12.8. The van der Waals surface area contributed by atoms with Crippen LogP contribution in [-0.2, 0) is 4.79 Å². The molecule has 0 radical (unpaired) electrons. The molecule has 1 atom stereocenters. The highest BCUT2D eigenvalue weighted by atomic mass is 79.9. The second kappa shape index (κ2) is 7.26. The molecule has 3 nitrogen and oxygen atoms in total. The van der Waals surface area contributed by atoms with Gasteiger partial charge in [-0.1, -0.05) is 11.6 Å². The van der Waals surface area contributed by atoms with E-state index < -0.39 is 6.04 Å². The van der Waals surface area contributed by atoms with E-state index in [2.05, 4.69) is 21.2 Å². The van der Waals surface area contributed by atoms with Crippen molar-refractivity contribution in [3.05, 3.63) is 27.7 Å². The Labute approximate surface area is 119 Å². The van der Waals surface area contributed by atoms with E-state index in [0.29, 0.717) is 17.1 Å². The molecule has 0 aromatic heterocycles. The average molecular weight is 338 g/mol. The molecule has 1 aromatic rings. The van der Waals surface area contributed by atoms with E-state index in [1.807, 2.05) is 6.26 Å². The van der Waals surface area contributed by atoms with Crippen LogP contribution < -0.4 is 11.1 Å². The van der Waals surface area contributed by atoms with Crippen molar-refractivity contribution in [1.82, 2.24) is 0 Å². The third-order valence-corrected chi connectivity index (χ3v) is 4.01. The maximum atomic E-state index is 11.7. The van der Waals surface area contributed by atoms with Gasteiger partial charge in [0.2, 0.25) is 5.91 Å². The van der Waals surface area contributed by atoms with Gasteiger partial charge >= 0.3 is 0 Å². The van der Waals surface area contributed by atoms with E-state index in [1.165, 1.54) is 0 Å². The van der Waals surface area contributed by atoms with E-state index in [0.717, 1.165) is 10.2 Å². The van der Waals surface area contributed by atoms with Gasteiger partial charge in [-0.25, -0.2) is 0 Å². The number of nitrogens with one attached hydrogen (secondary N) is 1. The normalized spacial score (nSPS) is 12.2. The summed E-state index contributed by atoms with van der Waals surface area (Å²) in [6.07, 6.45) is 2.66. The quantitative estimate of drug-likeness (QED) is 0.868. The van der Waals surface area contributed by atoms with Crippen LogP contribution in [0.25, 0.3) is 0 Å². The first-order valence-electron chi connectivity index (χ1n) is 5.05. The Hall–Kier alpha value is -0.230. The predicted octanol–water partition coefficient (Wildman–Crippen LogP) is 3.12. The van der Waals surface area contributed by atoms with Crippen LogP contribution in [0, 0.1) is 0 Å². The molecule has 0 heterocycles. The first-order valence-corrected chi connectivity index (χ1v) is 7.61. The number of halogens is 2. The summed E-state index contributed by atoms with van der Waals surface area (Å²) in [5, 5.41) is 3.36. The molecule has 0 bridgehead atoms. The first kappa shape index (κ1) is 14.8. The third kappa shape index (κ3) is 4.87. The molecule has 1 rings (SSSR count). The van der Waals surface area contributed by atoms with Gasteiger partial charge in [0.1, 0.15) is 0 Å². The molecule has 0 saturated carbocycles. The second-order valence-corrected chi connectivity index (χ2v) is 5.75. The number of hydrogen-bond donors (Lipinski definition) is 2. The van der Waals surface area contributed by atoms with Gasteiger partial charge in [-0.3, -0.25) is 4.79 Å². The molecule has 1 amide bonds. The van der Waals surface area contributed by atoms with Crippen LogP contribution in [0.1, 0.15) is 6.42 Å². The number of benzene rings is 1. The smallest absolute Gasteiger partial charge is 0.241 e. The Balaban J connectivity index is 2.58. The maximum Gasteiger partial charge on any atom is 0.241 e. The highest BCUT2D eigenvalue weighted by Crippen LogP contribution is 2.25. The SMILES string of the molecule is CSCC[C@@H](N)C(=O)Nc1ccc(Cl)c(Br)c1. The van der Waals surface area contributed by atoms with E-state index in [-0.39, 0.29) is 5.91 Å². The van der Waals surface area contributed by atoms with Gasteiger partial charge in [-0.15, -0.1) is 0 Å². The zero-order valence-corrected chi connectivity index (χ0v) is 12.5. The topological polar surface area (TPSA) is 55.1 Å². The Morgan fingerprint density at radius 3 is 2.94 bits per heavy atom. The van der Waals surface area contributed by atoms with Crippen molar-refractivity contribution in [2.45, 2.75) is 12.5 Å². The zero-order valence-electron chi connectivity index (χ0n) is 9.37. The molecule has 6 heteroatoms. The summed E-state index contributed by atoms with van der Waals surface area (Å²) in [5.41, 5.74) is 6.44. The molecule has 0 spiro atoms. The molecular weight excluding hydrogens is 324 g/mol. The summed E-state index contributed by atoms with van der Waals surface area (Å²) < 4.78 is 0.745. The minimum absolute atomic E-state index is 0.173. The molecule has 0 saturated heterocycles. The van der Waals surface area contributed by atoms with Crippen molar-refractivity contribution >= 4 is 50.9 Å². The monoisotopic (exact) mass is 336 g/mol. The van der Waals surface area contributed by atoms with Crippen molar-refractivity contribution in [1.29, 1.82) is 0 Å². The number of anilines is 1. The van der Waals surface area contributed by atoms with Crippen LogP contribution in [-0.4, -0.2) is 24.0 Å². The molecule has 94 valence electrons. The van der Waals surface area contributed by atoms with Crippen molar-refractivity contribution < 1.29 is 4.79 Å². The van der Waals surface area contributed by atoms with Crippen LogP contribution >= 0.6 is 39.3 Å². The Morgan fingerprint density at radius 1 is 1.65 bits per heavy atom. The number of amides is 1. The standard InChI is InChI=1S/C11H14BrClN2OS/c1-17-5-4-10(14)11(16)15-7-2-3-9(13)8(12)6-7/h2-3,6,10H,4-5,14H2,1H3,(H,15,16)/t10-/m1/s1. The summed E-state index contributed by atoms with van der Waals surface area (Å²) in [5.74, 6) is 0.701. The van der Waals surface area contributed by atoms with E-state index in [1.54, 1.807) is 30.0 Å². The highest BCUT2D eigenvalue weighted by molar-refractivity contribution is 9.10. The van der Waals surface area contributed by atoms with Gasteiger partial charge in [0.05, 0.1) is 11.1 Å². The van der Waals surface area contributed by atoms with Gasteiger partial charge in [0.15, 0.2) is 0 Å². The van der Waals surface area contributed by atoms with Gasteiger partial charge in [0, 0.05) is 10.2 Å². The van der Waals surface area contributed by atoms with Gasteiger partial charge in [-0.05, 0) is 52.6 Å². The lowest BCUT2D eigenvalue weighted by molar-refractivity contribution is -0.117. The molecular formula is C11H14BrClN2OS. The maximum absolute atomic E-state index is 11.7. The first-order chi connectivity index (χ1) is 8.04. The van der Waals surface area contributed by atoms with Crippen LogP contribution in [0.3, 0.4) is 0 Å². The van der Waals surface area contributed by atoms with Crippen LogP contribution in [0.2, 0.25) is 5.02 Å². The summed E-state index contributed by atoms with van der Waals surface area (Å²) in [6.45, 7) is 0. The predicted molar refractivity (Wildman–Crippen MR) is 78.8 cm³/mol. The Bertz CT molecular complexity index is 403. The van der Waals surface area contributed by atoms with Crippen molar-refractivity contribution in [3.63, 3.8) is 0 Å². The minimum Gasteiger partial charge on any atom is -0.325 e. The number of rotatable bonds is 5. The fourth-order valence-electron chi connectivity index (χ4n) is 1.18. The van der Waals surface area contributed by atoms with Crippen molar-refractivity contribution in [2.24, 2.45) is 5.73 Å². The molecule has 0 aliphatic carbocycles. The fraction of sp³-hybridized carbons (Fsp3) is 0.364. The fourth-order valence-corrected chi connectivity index (χ4v) is 2.17. The number of carbonyl (C=O) groups is 1. The average Bonchev–Trinajstić information content (AvgIpc) is 2.30. The molecule has 1 aromatic carbocycles. The Morgan fingerprint density at radius 2 is 2.35 bits per heavy atom. The molecule has 3 N–H and O–H groups in total. The van der Waals surface area contributed by atoms with Gasteiger partial charge < -0.3 is 11.1 Å². The number of thioether (sulfide) groups is 1. The minimum atomic E-state index is -0.475. The number of carbonyl (C=O) groups excluding carboxylic acids is 1. The Kier molecular flexibility index (Phi) is 6.33. The van der Waals surface area contributed by atoms with Crippen molar-refractivity contribution in [3.8, 4) is 0 Å². The lowest BCUT2D eigenvalue weighted by atomic mass is 10.2. The highest BCUT2D eigenvalue weighted by Gasteiger charge is 2.13. The van der Waals surface area contributed by atoms with Crippen LogP contribution in [0.4, 0.5) is 5.69 Å². The van der Waals surface area contributed by atoms with Gasteiger partial charge in [-0.2, -0.15) is 11.8 Å². The van der Waals surface area contributed by atoms with Crippen LogP contribution in [0.15, 0.2) is 22.7 Å². The molecule has 0 aliphatic rings. The second-order valence-electron chi connectivity index (χ2n) is 3.51. The van der Waals surface area contributed by atoms with Crippen molar-refractivity contribution in [2.75, 3.05) is 17.3 Å². The van der Waals surface area contributed by atoms with Gasteiger partial charge in [0.25, 0.3) is 0 Å². The summed E-state index contributed by atoms with van der Waals surface area (Å²) >= 11 is 10.8. The van der Waals surface area contributed by atoms with Crippen LogP contribution in [0.5, 0.6) is 0 Å². The van der Waals surface area contributed by atoms with E-state index >= 15 is 0 Å². The number of hydrogen-bond acceptors (Lipinski definition) is 3.